The first-order valence-electron chi connectivity index (χ1n) is 0.667. The van der Waals surface area contributed by atoms with E-state index in [0.717, 1.165) is 0 Å². The second-order valence-corrected chi connectivity index (χ2v) is 2.45. The molecule has 40 valence electrons. The Kier molecular flexibility index (Phi) is 13.7. The van der Waals surface area contributed by atoms with Gasteiger partial charge in [-0.05, 0) is 11.2 Å². The Bertz CT molecular complexity index is 92.9. The van der Waals surface area contributed by atoms with Crippen LogP contribution in [0.2, 0.25) is 0 Å². The van der Waals surface area contributed by atoms with Gasteiger partial charge in [0.1, 0.15) is 0 Å². The zero-order chi connectivity index (χ0) is 4.50. The minimum atomic E-state index is -4.33. The molecule has 0 aliphatic heterocycles. The first-order chi connectivity index (χ1) is 2.00. The molecule has 7 heavy (non-hydrogen) atoms. The summed E-state index contributed by atoms with van der Waals surface area (Å²) in [6.07, 6.45) is 0. The molecule has 0 aliphatic rings. The van der Waals surface area contributed by atoms with Crippen LogP contribution in [-0.2, 0) is 20.2 Å². The van der Waals surface area contributed by atoms with Crippen molar-refractivity contribution in [1.29, 1.82) is 0 Å². The third kappa shape index (κ3) is 76.8. The fourth-order valence-corrected chi connectivity index (χ4v) is 0. The van der Waals surface area contributed by atoms with Crippen molar-refractivity contribution in [2.45, 2.75) is 0 Å². The van der Waals surface area contributed by atoms with Crippen LogP contribution in [0.3, 0.4) is 0 Å². The average Bonchev–Trinajstić information content (AvgIpc) is 0.722. The van der Waals surface area contributed by atoms with Gasteiger partial charge in [-0.2, -0.15) is 0 Å². The summed E-state index contributed by atoms with van der Waals surface area (Å²) in [6, 6.07) is 0. The molecular weight excluding hydrogens is 167 g/mol. The van der Waals surface area contributed by atoms with Gasteiger partial charge in [-0.3, -0.25) is 4.21 Å². The van der Waals surface area contributed by atoms with Crippen molar-refractivity contribution in [2.24, 2.45) is 0 Å². The first kappa shape index (κ1) is 16.0. The summed E-state index contributed by atoms with van der Waals surface area (Å²) < 4.78 is 26.7. The summed E-state index contributed by atoms with van der Waals surface area (Å²) in [5, 5.41) is 0. The molecule has 0 fully saturated rings. The van der Waals surface area contributed by atoms with Crippen LogP contribution in [0, 0.1) is 0 Å². The van der Waals surface area contributed by atoms with Crippen molar-refractivity contribution in [2.75, 3.05) is 0 Å². The third-order valence-corrected chi connectivity index (χ3v) is 0. The Labute approximate surface area is 88.7 Å². The van der Waals surface area contributed by atoms with Gasteiger partial charge in [0.05, 0.1) is 0 Å². The van der Waals surface area contributed by atoms with Gasteiger partial charge in [0, 0.05) is 0 Å². The zero-order valence-corrected chi connectivity index (χ0v) is 8.30. The van der Waals surface area contributed by atoms with Crippen molar-refractivity contribution in [1.82, 2.24) is 0 Å². The molecule has 2 N–H and O–H groups in total. The minimum Gasteiger partial charge on any atom is -0.780 e. The Morgan fingerprint density at radius 1 is 1.43 bits per heavy atom. The van der Waals surface area contributed by atoms with E-state index in [2.05, 4.69) is 11.2 Å². The molecule has 0 aliphatic carbocycles. The van der Waals surface area contributed by atoms with E-state index in [0.29, 0.717) is 0 Å². The maximum absolute atomic E-state index is 8.89. The largest absolute Gasteiger partial charge is 1.00 e. The monoisotopic (exact) mass is 169 g/mol. The van der Waals surface area contributed by atoms with Crippen LogP contribution < -0.4 is 51.4 Å². The molecule has 0 saturated carbocycles. The van der Waals surface area contributed by atoms with Crippen molar-refractivity contribution in [3.8, 4) is 0 Å². The van der Waals surface area contributed by atoms with Crippen LogP contribution in [0.4, 0.5) is 0 Å². The van der Waals surface area contributed by atoms with Gasteiger partial charge in [-0.25, -0.2) is 0 Å². The Hall–Kier alpha value is 1.89. The SMILES string of the molecule is O.O=S([O-])([O-])=S.[K+]. The van der Waals surface area contributed by atoms with Gasteiger partial charge in [-0.15, -0.1) is 9.05 Å². The molecule has 0 unspecified atom stereocenters. The second kappa shape index (κ2) is 6.01. The van der Waals surface area contributed by atoms with Crippen molar-refractivity contribution in [3.05, 3.63) is 0 Å². The van der Waals surface area contributed by atoms with E-state index in [9.17, 15) is 0 Å². The predicted octanol–water partition coefficient (Wildman–Crippen LogP) is -4.83. The van der Waals surface area contributed by atoms with E-state index in [1.807, 2.05) is 0 Å². The fraction of sp³-hybridized carbons (Fsp3) is 0. The summed E-state index contributed by atoms with van der Waals surface area (Å²) in [7, 11) is -4.33. The quantitative estimate of drug-likeness (QED) is 0.340. The molecule has 0 atom stereocenters. The van der Waals surface area contributed by atoms with Gasteiger partial charge in [0.2, 0.25) is 0 Å². The van der Waals surface area contributed by atoms with Crippen LogP contribution in [-0.4, -0.2) is 18.8 Å². The second-order valence-electron chi connectivity index (χ2n) is 0.408. The van der Waals surface area contributed by atoms with Crippen molar-refractivity contribution >= 4 is 20.2 Å². The van der Waals surface area contributed by atoms with Crippen molar-refractivity contribution in [3.63, 3.8) is 0 Å². The number of rotatable bonds is 0. The average molecular weight is 169 g/mol. The van der Waals surface area contributed by atoms with Crippen molar-refractivity contribution < 1.29 is 70.2 Å². The summed E-state index contributed by atoms with van der Waals surface area (Å²) in [5.74, 6) is 0. The molecule has 0 radical (unpaired) electrons. The Morgan fingerprint density at radius 3 is 1.43 bits per heavy atom. The standard InChI is InChI=1S/K.H2O3S2.H2O/c;1-5(2,3)4;/h;(H2,1,2,3,4);1H2/q+1;;/p-2. The third-order valence-electron chi connectivity index (χ3n) is 0. The molecule has 4 nitrogen and oxygen atoms in total. The molecule has 0 rings (SSSR count). The van der Waals surface area contributed by atoms with Crippen LogP contribution in [0.15, 0.2) is 0 Å². The van der Waals surface area contributed by atoms with Crippen LogP contribution in [0.25, 0.3) is 0 Å². The van der Waals surface area contributed by atoms with E-state index in [1.165, 1.54) is 0 Å². The molecule has 0 aromatic rings. The molecule has 0 spiro atoms. The van der Waals surface area contributed by atoms with Gasteiger partial charge in [-0.1, -0.05) is 0 Å². The summed E-state index contributed by atoms with van der Waals surface area (Å²) >= 11 is 3.24. The molecule has 0 aromatic heterocycles. The van der Waals surface area contributed by atoms with Gasteiger partial charge < -0.3 is 14.6 Å². The van der Waals surface area contributed by atoms with E-state index in [1.54, 1.807) is 0 Å². The first-order valence-corrected chi connectivity index (χ1v) is 3.00. The molecule has 7 heteroatoms. The van der Waals surface area contributed by atoms with E-state index < -0.39 is 9.05 Å². The summed E-state index contributed by atoms with van der Waals surface area (Å²) in [5.41, 5.74) is 0. The maximum atomic E-state index is 8.89. The molecule has 0 aromatic carbocycles. The smallest absolute Gasteiger partial charge is 0.780 e. The minimum absolute atomic E-state index is 0. The normalized spacial score (nSPS) is 8.29. The molecule has 0 heterocycles. The molecule has 0 amide bonds. The van der Waals surface area contributed by atoms with Crippen LogP contribution >= 0.6 is 0 Å². The number of hydrogen-bond acceptors (Lipinski definition) is 4. The van der Waals surface area contributed by atoms with E-state index >= 15 is 0 Å². The predicted molar refractivity (Wildman–Crippen MR) is 20.7 cm³/mol. The maximum Gasteiger partial charge on any atom is 1.00 e. The Morgan fingerprint density at radius 2 is 1.43 bits per heavy atom. The summed E-state index contributed by atoms with van der Waals surface area (Å²) in [4.78, 5) is 0. The molecule has 0 saturated heterocycles. The van der Waals surface area contributed by atoms with E-state index in [-0.39, 0.29) is 56.9 Å². The van der Waals surface area contributed by atoms with Crippen LogP contribution in [0.5, 0.6) is 0 Å². The molecule has 0 bridgehead atoms. The zero-order valence-electron chi connectivity index (χ0n) is 3.54. The Balaban J connectivity index is -0.0000000800. The van der Waals surface area contributed by atoms with Gasteiger partial charge in [0.25, 0.3) is 0 Å². The summed E-state index contributed by atoms with van der Waals surface area (Å²) in [6.45, 7) is 0. The van der Waals surface area contributed by atoms with Gasteiger partial charge in [0.15, 0.2) is 0 Å². The number of hydrogen-bond donors (Lipinski definition) is 0. The molecular formula is H2KO4S2-. The topological polar surface area (TPSA) is 94.7 Å². The van der Waals surface area contributed by atoms with Gasteiger partial charge >= 0.3 is 51.4 Å². The fourth-order valence-electron chi connectivity index (χ4n) is 0. The van der Waals surface area contributed by atoms with E-state index in [4.69, 9.17) is 13.3 Å². The van der Waals surface area contributed by atoms with Crippen LogP contribution in [0.1, 0.15) is 0 Å².